The third kappa shape index (κ3) is 5.99. The van der Waals surface area contributed by atoms with Crippen LogP contribution in [0.5, 0.6) is 0 Å². The van der Waals surface area contributed by atoms with Gasteiger partial charge in [-0.3, -0.25) is 24.2 Å². The Kier molecular flexibility index (Phi) is 8.28. The number of hydrogen-bond acceptors (Lipinski definition) is 8. The summed E-state index contributed by atoms with van der Waals surface area (Å²) in [6.07, 6.45) is 9.03. The van der Waals surface area contributed by atoms with Gasteiger partial charge in [0.05, 0.1) is 34.9 Å². The third-order valence-corrected chi connectivity index (χ3v) is 8.47. The molecule has 0 amide bonds. The molecule has 44 heavy (non-hydrogen) atoms. The highest BCUT2D eigenvalue weighted by Crippen LogP contribution is 2.41. The highest BCUT2D eigenvalue weighted by molar-refractivity contribution is 5.87. The third-order valence-electron chi connectivity index (χ3n) is 8.47. The molecule has 2 aliphatic rings. The maximum atomic E-state index is 13.5. The Labute approximate surface area is 255 Å². The summed E-state index contributed by atoms with van der Waals surface area (Å²) in [6, 6.07) is 17.4. The van der Waals surface area contributed by atoms with Crippen LogP contribution in [0, 0.1) is 11.2 Å². The van der Waals surface area contributed by atoms with E-state index in [0.29, 0.717) is 34.7 Å². The molecule has 2 fully saturated rings. The number of benzene rings is 1. The van der Waals surface area contributed by atoms with Gasteiger partial charge >= 0.3 is 0 Å². The molecule has 10 heteroatoms. The molecule has 6 heterocycles. The predicted octanol–water partition coefficient (Wildman–Crippen LogP) is 5.16. The van der Waals surface area contributed by atoms with Crippen molar-refractivity contribution in [3.63, 3.8) is 0 Å². The number of nitrogens with zero attached hydrogens (tertiary/aromatic N) is 7. The number of nitrogen functional groups attached to an aromatic ring is 1. The first-order valence-electron chi connectivity index (χ1n) is 14.7. The Morgan fingerprint density at radius 3 is 2.39 bits per heavy atom. The highest BCUT2D eigenvalue weighted by atomic mass is 19.1. The number of aromatic nitrogens is 5. The Morgan fingerprint density at radius 2 is 1.73 bits per heavy atom. The van der Waals surface area contributed by atoms with Gasteiger partial charge in [-0.25, -0.2) is 14.4 Å². The average Bonchev–Trinajstić information content (AvgIpc) is 3.41. The minimum Gasteiger partial charge on any atom is -0.383 e. The van der Waals surface area contributed by atoms with E-state index in [0.717, 1.165) is 28.8 Å². The first-order valence-corrected chi connectivity index (χ1v) is 14.7. The second kappa shape index (κ2) is 12.4. The molecule has 5 aromatic rings. The average molecular weight is 591 g/mol. The maximum absolute atomic E-state index is 13.5. The molecular weight excluding hydrogens is 555 g/mol. The number of piperidine rings is 1. The normalized spacial score (nSPS) is 16.2. The molecule has 1 aromatic carbocycles. The van der Waals surface area contributed by atoms with Crippen molar-refractivity contribution >= 4 is 23.1 Å². The number of fused-ring (bicyclic) bond motifs is 1. The van der Waals surface area contributed by atoms with Gasteiger partial charge in [-0.1, -0.05) is 18.7 Å². The van der Waals surface area contributed by atoms with Gasteiger partial charge in [0.1, 0.15) is 29.3 Å². The van der Waals surface area contributed by atoms with Crippen molar-refractivity contribution in [2.45, 2.75) is 19.4 Å². The fourth-order valence-electron chi connectivity index (χ4n) is 6.13. The largest absolute Gasteiger partial charge is 0.383 e. The SMILES string of the molecule is C=CC=O.CN1CCC2(CC1)CN(Cc1ccc(-n3c(-c4cccnc4N)nc4cnc(-c5ccc(F)cn5)cc43)cc1)C2. The molecule has 0 saturated carbocycles. The van der Waals surface area contributed by atoms with Gasteiger partial charge in [-0.2, -0.15) is 0 Å². The van der Waals surface area contributed by atoms with Crippen molar-refractivity contribution in [2.75, 3.05) is 39.0 Å². The van der Waals surface area contributed by atoms with Crippen LogP contribution in [0.2, 0.25) is 0 Å². The van der Waals surface area contributed by atoms with E-state index < -0.39 is 0 Å². The van der Waals surface area contributed by atoms with Crippen molar-refractivity contribution in [3.8, 4) is 28.5 Å². The van der Waals surface area contributed by atoms with Crippen molar-refractivity contribution in [3.05, 3.63) is 97.2 Å². The molecule has 0 bridgehead atoms. The Morgan fingerprint density at radius 1 is 1.00 bits per heavy atom. The van der Waals surface area contributed by atoms with Crippen molar-refractivity contribution in [1.82, 2.24) is 34.3 Å². The first kappa shape index (κ1) is 29.3. The number of carbonyl (C=O) groups excluding carboxylic acids is 1. The van der Waals surface area contributed by atoms with E-state index in [-0.39, 0.29) is 5.82 Å². The van der Waals surface area contributed by atoms with Gasteiger partial charge in [-0.05, 0) is 92.5 Å². The van der Waals surface area contributed by atoms with Gasteiger partial charge in [0.25, 0.3) is 0 Å². The van der Waals surface area contributed by atoms with Crippen molar-refractivity contribution in [2.24, 2.45) is 5.41 Å². The zero-order valence-electron chi connectivity index (χ0n) is 24.7. The van der Waals surface area contributed by atoms with Crippen LogP contribution in [-0.4, -0.2) is 73.8 Å². The molecule has 0 unspecified atom stereocenters. The van der Waals surface area contributed by atoms with Crippen molar-refractivity contribution < 1.29 is 9.18 Å². The number of imidazole rings is 1. The second-order valence-electron chi connectivity index (χ2n) is 11.6. The lowest BCUT2D eigenvalue weighted by Gasteiger charge is -2.54. The standard InChI is InChI=1S/C31H31FN8.C3H4O/c1-38-13-10-31(11-14-38)19-39(20-31)18-21-4-7-23(8-5-21)40-28-15-26(25-9-6-22(32)16-35-25)36-17-27(28)37-30(40)24-3-2-12-34-29(24)33;1-2-3-4/h2-9,12,15-17H,10-11,13-14,18-20H2,1H3,(H2,33,34);2-3H,1H2. The number of nitrogens with two attached hydrogens (primary N) is 1. The number of halogens is 1. The quantitative estimate of drug-likeness (QED) is 0.214. The number of pyridine rings is 3. The summed E-state index contributed by atoms with van der Waals surface area (Å²) < 4.78 is 15.6. The van der Waals surface area contributed by atoms with E-state index in [9.17, 15) is 4.39 Å². The van der Waals surface area contributed by atoms with Crippen LogP contribution in [0.1, 0.15) is 18.4 Å². The van der Waals surface area contributed by atoms with E-state index in [4.69, 9.17) is 15.5 Å². The van der Waals surface area contributed by atoms with Crippen LogP contribution >= 0.6 is 0 Å². The highest BCUT2D eigenvalue weighted by Gasteiger charge is 2.43. The molecule has 224 valence electrons. The first-order chi connectivity index (χ1) is 21.4. The number of hydrogen-bond donors (Lipinski definition) is 1. The summed E-state index contributed by atoms with van der Waals surface area (Å²) in [5.74, 6) is 0.708. The Hall–Kier alpha value is -4.80. The molecule has 0 aliphatic carbocycles. The van der Waals surface area contributed by atoms with Crippen LogP contribution in [0.25, 0.3) is 39.5 Å². The molecule has 0 atom stereocenters. The van der Waals surface area contributed by atoms with E-state index in [2.05, 4.69) is 67.2 Å². The molecule has 9 nitrogen and oxygen atoms in total. The zero-order chi connectivity index (χ0) is 30.7. The molecular formula is C34H35FN8O. The van der Waals surface area contributed by atoms with E-state index in [1.165, 1.54) is 62.9 Å². The maximum Gasteiger partial charge on any atom is 0.149 e. The van der Waals surface area contributed by atoms with Crippen molar-refractivity contribution in [1.29, 1.82) is 0 Å². The topological polar surface area (TPSA) is 106 Å². The number of anilines is 1. The van der Waals surface area contributed by atoms with E-state index in [1.807, 2.05) is 18.2 Å². The summed E-state index contributed by atoms with van der Waals surface area (Å²) in [5.41, 5.74) is 12.6. The summed E-state index contributed by atoms with van der Waals surface area (Å²) in [6.45, 7) is 8.85. The van der Waals surface area contributed by atoms with Crippen LogP contribution < -0.4 is 5.73 Å². The van der Waals surface area contributed by atoms with Crippen LogP contribution in [0.4, 0.5) is 10.2 Å². The zero-order valence-corrected chi connectivity index (χ0v) is 24.7. The molecule has 4 aromatic heterocycles. The molecule has 0 radical (unpaired) electrons. The summed E-state index contributed by atoms with van der Waals surface area (Å²) >= 11 is 0. The summed E-state index contributed by atoms with van der Waals surface area (Å²) in [7, 11) is 2.22. The van der Waals surface area contributed by atoms with E-state index in [1.54, 1.807) is 18.5 Å². The molecule has 2 aliphatic heterocycles. The predicted molar refractivity (Wildman–Crippen MR) is 170 cm³/mol. The van der Waals surface area contributed by atoms with Gasteiger partial charge < -0.3 is 10.6 Å². The van der Waals surface area contributed by atoms with Gasteiger partial charge in [0, 0.05) is 31.5 Å². The minimum atomic E-state index is -0.385. The summed E-state index contributed by atoms with van der Waals surface area (Å²) in [5, 5.41) is 0. The fraction of sp³-hybridized carbons (Fsp3) is 0.265. The Bertz CT molecular complexity index is 1760. The number of aldehydes is 1. The molecule has 2 saturated heterocycles. The van der Waals surface area contributed by atoms with Gasteiger partial charge in [-0.15, -0.1) is 0 Å². The number of rotatable bonds is 6. The number of allylic oxidation sites excluding steroid dienone is 1. The smallest absolute Gasteiger partial charge is 0.149 e. The number of carbonyl (C=O) groups is 1. The van der Waals surface area contributed by atoms with Gasteiger partial charge in [0.2, 0.25) is 0 Å². The summed E-state index contributed by atoms with van der Waals surface area (Å²) in [4.78, 5) is 32.0. The lowest BCUT2D eigenvalue weighted by Crippen LogP contribution is -2.59. The second-order valence-corrected chi connectivity index (χ2v) is 11.6. The lowest BCUT2D eigenvalue weighted by molar-refractivity contribution is -0.104. The van der Waals surface area contributed by atoms with E-state index >= 15 is 0 Å². The molecule has 1 spiro atoms. The molecule has 7 rings (SSSR count). The molecule has 2 N–H and O–H groups in total. The van der Waals surface area contributed by atoms with Gasteiger partial charge in [0.15, 0.2) is 0 Å². The number of likely N-dealkylation sites (tertiary alicyclic amines) is 2. The minimum absolute atomic E-state index is 0.385. The lowest BCUT2D eigenvalue weighted by atomic mass is 9.72. The van der Waals surface area contributed by atoms with Crippen LogP contribution in [0.3, 0.4) is 0 Å². The van der Waals surface area contributed by atoms with Crippen LogP contribution in [-0.2, 0) is 11.3 Å². The monoisotopic (exact) mass is 590 g/mol. The fourth-order valence-corrected chi connectivity index (χ4v) is 6.13. The Balaban J connectivity index is 0.000000810. The van der Waals surface area contributed by atoms with Crippen LogP contribution in [0.15, 0.2) is 85.8 Å².